The maximum atomic E-state index is 11.2. The van der Waals surface area contributed by atoms with Crippen molar-refractivity contribution in [3.63, 3.8) is 0 Å². The van der Waals surface area contributed by atoms with Crippen LogP contribution in [0.4, 0.5) is 0 Å². The molecule has 0 aliphatic carbocycles. The number of aliphatic carboxylic acids is 1. The van der Waals surface area contributed by atoms with E-state index in [1.165, 1.54) is 0 Å². The monoisotopic (exact) mass is 249 g/mol. The van der Waals surface area contributed by atoms with E-state index in [0.29, 0.717) is 5.02 Å². The Labute approximate surface area is 104 Å². The molecule has 1 aromatic carbocycles. The topological polar surface area (TPSA) is 42.2 Å². The largest absolute Gasteiger partial charge is 0.481 e. The highest BCUT2D eigenvalue weighted by Crippen LogP contribution is 2.34. The molecule has 2 aromatic rings. The highest BCUT2D eigenvalue weighted by molar-refractivity contribution is 6.31. The fourth-order valence-electron chi connectivity index (χ4n) is 2.64. The van der Waals surface area contributed by atoms with Crippen LogP contribution in [-0.2, 0) is 11.3 Å². The predicted octanol–water partition coefficient (Wildman–Crippen LogP) is 3.26. The van der Waals surface area contributed by atoms with Crippen LogP contribution in [0.25, 0.3) is 10.9 Å². The molecule has 2 heterocycles. The molecule has 0 spiro atoms. The molecule has 0 bridgehead atoms. The van der Waals surface area contributed by atoms with Crippen LogP contribution in [-0.4, -0.2) is 15.6 Å². The molecule has 88 valence electrons. The Kier molecular flexibility index (Phi) is 2.37. The predicted molar refractivity (Wildman–Crippen MR) is 66.6 cm³/mol. The molecule has 0 fully saturated rings. The van der Waals surface area contributed by atoms with Gasteiger partial charge in [-0.25, -0.2) is 0 Å². The normalized spacial score (nSPS) is 19.2. The third kappa shape index (κ3) is 1.62. The minimum absolute atomic E-state index is 0.380. The van der Waals surface area contributed by atoms with Crippen molar-refractivity contribution in [1.29, 1.82) is 0 Å². The van der Waals surface area contributed by atoms with Crippen molar-refractivity contribution in [1.82, 2.24) is 4.57 Å². The second-order valence-electron chi connectivity index (χ2n) is 4.46. The third-order valence-electron chi connectivity index (χ3n) is 3.43. The average molecular weight is 250 g/mol. The number of carboxylic acids is 1. The fraction of sp³-hybridized carbons (Fsp3) is 0.308. The molecule has 3 rings (SSSR count). The summed E-state index contributed by atoms with van der Waals surface area (Å²) >= 11 is 5.99. The van der Waals surface area contributed by atoms with Crippen LogP contribution in [0.5, 0.6) is 0 Å². The van der Waals surface area contributed by atoms with Crippen molar-refractivity contribution >= 4 is 28.5 Å². The van der Waals surface area contributed by atoms with E-state index in [0.717, 1.165) is 36.0 Å². The van der Waals surface area contributed by atoms with Crippen molar-refractivity contribution in [2.45, 2.75) is 25.3 Å². The van der Waals surface area contributed by atoms with Crippen LogP contribution in [0.15, 0.2) is 24.3 Å². The number of carbonyl (C=O) groups is 1. The number of rotatable bonds is 1. The average Bonchev–Trinajstić information content (AvgIpc) is 2.66. The van der Waals surface area contributed by atoms with E-state index in [1.807, 2.05) is 24.3 Å². The first-order valence-corrected chi connectivity index (χ1v) is 6.06. The summed E-state index contributed by atoms with van der Waals surface area (Å²) < 4.78 is 2.09. The van der Waals surface area contributed by atoms with Crippen LogP contribution in [0.2, 0.25) is 5.02 Å². The van der Waals surface area contributed by atoms with Crippen LogP contribution in [0, 0.1) is 0 Å². The van der Waals surface area contributed by atoms with Crippen LogP contribution >= 0.6 is 11.6 Å². The van der Waals surface area contributed by atoms with Crippen molar-refractivity contribution in [3.05, 3.63) is 35.0 Å². The fourth-order valence-corrected chi connectivity index (χ4v) is 2.80. The molecular weight excluding hydrogens is 238 g/mol. The highest BCUT2D eigenvalue weighted by Gasteiger charge is 2.27. The Morgan fingerprint density at radius 2 is 2.24 bits per heavy atom. The number of carboxylic acid groups (broad SMARTS) is 1. The smallest absolute Gasteiger partial charge is 0.312 e. The Balaban J connectivity index is 2.25. The van der Waals surface area contributed by atoms with Crippen molar-refractivity contribution < 1.29 is 9.90 Å². The summed E-state index contributed by atoms with van der Waals surface area (Å²) in [6.07, 6.45) is 1.62. The minimum atomic E-state index is -0.736. The first kappa shape index (κ1) is 10.7. The molecule has 1 aliphatic rings. The van der Waals surface area contributed by atoms with Gasteiger partial charge in [-0.2, -0.15) is 0 Å². The number of hydrogen-bond acceptors (Lipinski definition) is 1. The molecule has 1 aromatic heterocycles. The maximum Gasteiger partial charge on any atom is 0.312 e. The van der Waals surface area contributed by atoms with E-state index in [1.54, 1.807) is 0 Å². The Morgan fingerprint density at radius 3 is 3.00 bits per heavy atom. The molecule has 3 nitrogen and oxygen atoms in total. The van der Waals surface area contributed by atoms with Gasteiger partial charge in [-0.1, -0.05) is 17.7 Å². The van der Waals surface area contributed by atoms with Gasteiger partial charge in [0.2, 0.25) is 0 Å². The van der Waals surface area contributed by atoms with Crippen molar-refractivity contribution in [3.8, 4) is 0 Å². The zero-order valence-corrected chi connectivity index (χ0v) is 9.94. The molecule has 0 saturated carbocycles. The lowest BCUT2D eigenvalue weighted by Gasteiger charge is -2.22. The van der Waals surface area contributed by atoms with Gasteiger partial charge in [-0.05, 0) is 36.4 Å². The minimum Gasteiger partial charge on any atom is -0.481 e. The zero-order valence-electron chi connectivity index (χ0n) is 9.19. The van der Waals surface area contributed by atoms with Gasteiger partial charge in [0.15, 0.2) is 0 Å². The van der Waals surface area contributed by atoms with Gasteiger partial charge in [-0.3, -0.25) is 4.79 Å². The van der Waals surface area contributed by atoms with Gasteiger partial charge in [0.25, 0.3) is 0 Å². The summed E-state index contributed by atoms with van der Waals surface area (Å²) in [7, 11) is 0. The number of nitrogens with zero attached hydrogens (tertiary/aromatic N) is 1. The lowest BCUT2D eigenvalue weighted by Crippen LogP contribution is -2.21. The maximum absolute atomic E-state index is 11.2. The molecule has 0 radical (unpaired) electrons. The Morgan fingerprint density at radius 1 is 1.41 bits per heavy atom. The van der Waals surface area contributed by atoms with E-state index in [9.17, 15) is 9.90 Å². The summed E-state index contributed by atoms with van der Waals surface area (Å²) in [5.41, 5.74) is 1.94. The van der Waals surface area contributed by atoms with Gasteiger partial charge in [-0.15, -0.1) is 0 Å². The van der Waals surface area contributed by atoms with E-state index >= 15 is 0 Å². The Hall–Kier alpha value is -1.48. The highest BCUT2D eigenvalue weighted by atomic mass is 35.5. The molecule has 4 heteroatoms. The van der Waals surface area contributed by atoms with E-state index in [4.69, 9.17) is 11.6 Å². The van der Waals surface area contributed by atoms with Crippen LogP contribution in [0.1, 0.15) is 24.5 Å². The standard InChI is InChI=1S/C13H12ClNO2/c14-9-4-3-8-6-12-10(13(16)17)2-1-5-15(12)11(8)7-9/h3-4,6-7,10H,1-2,5H2,(H,16,17). The second kappa shape index (κ2) is 3.77. The van der Waals surface area contributed by atoms with Crippen LogP contribution in [0.3, 0.4) is 0 Å². The number of aromatic nitrogens is 1. The SMILES string of the molecule is O=C(O)C1CCCn2c1cc1ccc(Cl)cc12. The Bertz CT molecular complexity index is 603. The zero-order chi connectivity index (χ0) is 12.0. The van der Waals surface area contributed by atoms with Gasteiger partial charge in [0, 0.05) is 22.8 Å². The molecule has 1 unspecified atom stereocenters. The van der Waals surface area contributed by atoms with Gasteiger partial charge >= 0.3 is 5.97 Å². The molecule has 17 heavy (non-hydrogen) atoms. The molecule has 1 aliphatic heterocycles. The van der Waals surface area contributed by atoms with Crippen LogP contribution < -0.4 is 0 Å². The number of fused-ring (bicyclic) bond motifs is 3. The number of halogens is 1. The van der Waals surface area contributed by atoms with E-state index < -0.39 is 5.97 Å². The molecule has 1 atom stereocenters. The second-order valence-corrected chi connectivity index (χ2v) is 4.89. The summed E-state index contributed by atoms with van der Waals surface area (Å²) in [5.74, 6) is -1.12. The van der Waals surface area contributed by atoms with E-state index in [2.05, 4.69) is 4.57 Å². The lowest BCUT2D eigenvalue weighted by molar-refractivity contribution is -0.139. The quantitative estimate of drug-likeness (QED) is 0.843. The number of aryl methyl sites for hydroxylation is 1. The molecule has 1 N–H and O–H groups in total. The van der Waals surface area contributed by atoms with Crippen molar-refractivity contribution in [2.75, 3.05) is 0 Å². The number of hydrogen-bond donors (Lipinski definition) is 1. The lowest BCUT2D eigenvalue weighted by atomic mass is 9.96. The van der Waals surface area contributed by atoms with Gasteiger partial charge in [0.1, 0.15) is 0 Å². The number of benzene rings is 1. The summed E-state index contributed by atoms with van der Waals surface area (Å²) in [6.45, 7) is 0.878. The van der Waals surface area contributed by atoms with Gasteiger partial charge < -0.3 is 9.67 Å². The van der Waals surface area contributed by atoms with E-state index in [-0.39, 0.29) is 5.92 Å². The molecular formula is C13H12ClNO2. The summed E-state index contributed by atoms with van der Waals surface area (Å²) in [5, 5.41) is 11.0. The first-order chi connectivity index (χ1) is 8.16. The molecule has 0 amide bonds. The summed E-state index contributed by atoms with van der Waals surface area (Å²) in [6, 6.07) is 7.67. The van der Waals surface area contributed by atoms with Gasteiger partial charge in [0.05, 0.1) is 5.92 Å². The summed E-state index contributed by atoms with van der Waals surface area (Å²) in [4.78, 5) is 11.2. The molecule has 0 saturated heterocycles. The first-order valence-electron chi connectivity index (χ1n) is 5.68. The third-order valence-corrected chi connectivity index (χ3v) is 3.66. The van der Waals surface area contributed by atoms with Crippen molar-refractivity contribution in [2.24, 2.45) is 0 Å².